The van der Waals surface area contributed by atoms with E-state index >= 15 is 0 Å². The lowest BCUT2D eigenvalue weighted by molar-refractivity contribution is -0.137. The Morgan fingerprint density at radius 2 is 2.21 bits per heavy atom. The summed E-state index contributed by atoms with van der Waals surface area (Å²) in [6.07, 6.45) is 0.527. The van der Waals surface area contributed by atoms with Crippen LogP contribution in [0.3, 0.4) is 0 Å². The van der Waals surface area contributed by atoms with Gasteiger partial charge in [0.2, 0.25) is 5.91 Å². The number of likely N-dealkylation sites (N-methyl/N-ethyl adjacent to an activating group) is 1. The van der Waals surface area contributed by atoms with Crippen LogP contribution in [0.2, 0.25) is 0 Å². The van der Waals surface area contributed by atoms with Crippen LogP contribution in [0.25, 0.3) is 0 Å². The number of ether oxygens (including phenoxy) is 1. The van der Waals surface area contributed by atoms with Crippen molar-refractivity contribution in [1.82, 2.24) is 4.90 Å². The summed E-state index contributed by atoms with van der Waals surface area (Å²) in [7, 11) is 3.27. The highest BCUT2D eigenvalue weighted by atomic mass is 16.5. The minimum Gasteiger partial charge on any atom is -0.383 e. The van der Waals surface area contributed by atoms with Gasteiger partial charge in [-0.25, -0.2) is 0 Å². The number of hydrogen-bond acceptors (Lipinski definition) is 3. The molecule has 0 aliphatic heterocycles. The molecular formula is C10H18N2O2. The minimum absolute atomic E-state index is 0.139. The number of rotatable bonds is 5. The summed E-state index contributed by atoms with van der Waals surface area (Å²) in [6, 6.07) is 2.05. The van der Waals surface area contributed by atoms with E-state index in [0.29, 0.717) is 19.6 Å². The molecular weight excluding hydrogens is 180 g/mol. The lowest BCUT2D eigenvalue weighted by atomic mass is 9.88. The van der Waals surface area contributed by atoms with Crippen LogP contribution in [0.4, 0.5) is 0 Å². The number of nitrogens with zero attached hydrogens (tertiary/aromatic N) is 2. The normalized spacial score (nSPS) is 14.2. The first-order valence-electron chi connectivity index (χ1n) is 4.67. The van der Waals surface area contributed by atoms with Gasteiger partial charge in [0.05, 0.1) is 12.7 Å². The van der Waals surface area contributed by atoms with Crippen LogP contribution in [0.1, 0.15) is 20.3 Å². The molecule has 0 aliphatic carbocycles. The molecule has 0 aromatic heterocycles. The van der Waals surface area contributed by atoms with Gasteiger partial charge in [0, 0.05) is 20.7 Å². The van der Waals surface area contributed by atoms with E-state index in [1.807, 2.05) is 6.92 Å². The summed E-state index contributed by atoms with van der Waals surface area (Å²) < 4.78 is 4.87. The van der Waals surface area contributed by atoms with Crippen LogP contribution in [-0.2, 0) is 9.53 Å². The van der Waals surface area contributed by atoms with E-state index in [1.54, 1.807) is 21.1 Å². The number of amides is 1. The third-order valence-electron chi connectivity index (χ3n) is 2.40. The molecule has 4 nitrogen and oxygen atoms in total. The Morgan fingerprint density at radius 1 is 1.64 bits per heavy atom. The number of hydrogen-bond donors (Lipinski definition) is 0. The first kappa shape index (κ1) is 12.9. The number of carbonyl (C=O) groups is 1. The Kier molecular flexibility index (Phi) is 5.18. The Labute approximate surface area is 85.5 Å². The lowest BCUT2D eigenvalue weighted by Gasteiger charge is -2.25. The molecule has 0 heterocycles. The molecule has 0 saturated carbocycles. The minimum atomic E-state index is -0.900. The quantitative estimate of drug-likeness (QED) is 0.663. The summed E-state index contributed by atoms with van der Waals surface area (Å²) in [5.74, 6) is -0.139. The van der Waals surface area contributed by atoms with Crippen LogP contribution in [-0.4, -0.2) is 38.1 Å². The average molecular weight is 198 g/mol. The Balaban J connectivity index is 4.38. The van der Waals surface area contributed by atoms with E-state index in [-0.39, 0.29) is 5.91 Å². The van der Waals surface area contributed by atoms with Crippen molar-refractivity contribution in [2.24, 2.45) is 5.41 Å². The summed E-state index contributed by atoms with van der Waals surface area (Å²) in [6.45, 7) is 4.52. The third kappa shape index (κ3) is 3.00. The zero-order valence-corrected chi connectivity index (χ0v) is 9.33. The third-order valence-corrected chi connectivity index (χ3v) is 2.40. The fourth-order valence-electron chi connectivity index (χ4n) is 1.03. The number of nitriles is 1. The van der Waals surface area contributed by atoms with Gasteiger partial charge >= 0.3 is 0 Å². The number of methoxy groups -OCH3 is 1. The van der Waals surface area contributed by atoms with Crippen LogP contribution in [0, 0.1) is 16.7 Å². The molecule has 0 aromatic carbocycles. The van der Waals surface area contributed by atoms with Crippen molar-refractivity contribution < 1.29 is 9.53 Å². The zero-order chi connectivity index (χ0) is 11.2. The predicted octanol–water partition coefficient (Wildman–Crippen LogP) is 1.03. The maximum absolute atomic E-state index is 11.8. The van der Waals surface area contributed by atoms with Crippen molar-refractivity contribution in [2.75, 3.05) is 27.3 Å². The Morgan fingerprint density at radius 3 is 2.57 bits per heavy atom. The fraction of sp³-hybridized carbons (Fsp3) is 0.800. The molecule has 1 unspecified atom stereocenters. The molecule has 1 amide bonds. The summed E-state index contributed by atoms with van der Waals surface area (Å²) in [4.78, 5) is 13.3. The van der Waals surface area contributed by atoms with Crippen molar-refractivity contribution in [1.29, 1.82) is 5.26 Å². The van der Waals surface area contributed by atoms with E-state index in [9.17, 15) is 4.79 Å². The van der Waals surface area contributed by atoms with Gasteiger partial charge in [0.1, 0.15) is 5.41 Å². The molecule has 0 saturated heterocycles. The van der Waals surface area contributed by atoms with E-state index in [2.05, 4.69) is 6.07 Å². The van der Waals surface area contributed by atoms with E-state index < -0.39 is 5.41 Å². The molecule has 14 heavy (non-hydrogen) atoms. The Bertz CT molecular complexity index is 235. The molecule has 0 bridgehead atoms. The molecule has 1 atom stereocenters. The maximum Gasteiger partial charge on any atom is 0.242 e. The van der Waals surface area contributed by atoms with Gasteiger partial charge in [-0.15, -0.1) is 0 Å². The standard InChI is InChI=1S/C10H18N2O2/c1-5-10(2,8-11)9(13)12(3)6-7-14-4/h5-7H2,1-4H3. The first-order chi connectivity index (χ1) is 6.51. The highest BCUT2D eigenvalue weighted by molar-refractivity contribution is 5.84. The highest BCUT2D eigenvalue weighted by Crippen LogP contribution is 2.22. The first-order valence-corrected chi connectivity index (χ1v) is 4.67. The van der Waals surface area contributed by atoms with Gasteiger partial charge in [-0.3, -0.25) is 4.79 Å². The topological polar surface area (TPSA) is 53.3 Å². The van der Waals surface area contributed by atoms with Crippen molar-refractivity contribution >= 4 is 5.91 Å². The molecule has 0 N–H and O–H groups in total. The second-order valence-electron chi connectivity index (χ2n) is 3.52. The monoisotopic (exact) mass is 198 g/mol. The molecule has 0 aliphatic rings. The largest absolute Gasteiger partial charge is 0.383 e. The van der Waals surface area contributed by atoms with Crippen LogP contribution in [0.5, 0.6) is 0 Å². The summed E-state index contributed by atoms with van der Waals surface area (Å²) in [5.41, 5.74) is -0.900. The van der Waals surface area contributed by atoms with Gasteiger partial charge < -0.3 is 9.64 Å². The lowest BCUT2D eigenvalue weighted by Crippen LogP contribution is -2.40. The van der Waals surface area contributed by atoms with Crippen LogP contribution >= 0.6 is 0 Å². The summed E-state index contributed by atoms with van der Waals surface area (Å²) in [5, 5.41) is 8.90. The van der Waals surface area contributed by atoms with Crippen molar-refractivity contribution in [3.05, 3.63) is 0 Å². The van der Waals surface area contributed by atoms with E-state index in [0.717, 1.165) is 0 Å². The van der Waals surface area contributed by atoms with Crippen molar-refractivity contribution in [2.45, 2.75) is 20.3 Å². The van der Waals surface area contributed by atoms with Crippen molar-refractivity contribution in [3.8, 4) is 6.07 Å². The summed E-state index contributed by atoms with van der Waals surface area (Å²) >= 11 is 0. The van der Waals surface area contributed by atoms with Gasteiger partial charge in [-0.1, -0.05) is 6.92 Å². The molecule has 0 aromatic rings. The second kappa shape index (κ2) is 5.61. The van der Waals surface area contributed by atoms with Gasteiger partial charge in [0.15, 0.2) is 0 Å². The molecule has 4 heteroatoms. The molecule has 0 radical (unpaired) electrons. The van der Waals surface area contributed by atoms with Gasteiger partial charge in [-0.2, -0.15) is 5.26 Å². The predicted molar refractivity (Wildman–Crippen MR) is 53.5 cm³/mol. The Hall–Kier alpha value is -1.08. The molecule has 0 spiro atoms. The maximum atomic E-state index is 11.8. The van der Waals surface area contributed by atoms with Gasteiger partial charge in [-0.05, 0) is 13.3 Å². The highest BCUT2D eigenvalue weighted by Gasteiger charge is 2.33. The zero-order valence-electron chi connectivity index (χ0n) is 9.33. The molecule has 0 rings (SSSR count). The number of carbonyl (C=O) groups excluding carboxylic acids is 1. The van der Waals surface area contributed by atoms with Crippen LogP contribution < -0.4 is 0 Å². The van der Waals surface area contributed by atoms with Crippen molar-refractivity contribution in [3.63, 3.8) is 0 Å². The van der Waals surface area contributed by atoms with Crippen LogP contribution in [0.15, 0.2) is 0 Å². The smallest absolute Gasteiger partial charge is 0.242 e. The average Bonchev–Trinajstić information content (AvgIpc) is 2.23. The van der Waals surface area contributed by atoms with E-state index in [1.165, 1.54) is 4.90 Å². The molecule has 0 fully saturated rings. The molecule has 80 valence electrons. The fourth-order valence-corrected chi connectivity index (χ4v) is 1.03. The van der Waals surface area contributed by atoms with Gasteiger partial charge in [0.25, 0.3) is 0 Å². The second-order valence-corrected chi connectivity index (χ2v) is 3.52. The SMILES string of the molecule is CCC(C)(C#N)C(=O)N(C)CCOC. The van der Waals surface area contributed by atoms with E-state index in [4.69, 9.17) is 10.00 Å².